The second-order valence-electron chi connectivity index (χ2n) is 4.46. The van der Waals surface area contributed by atoms with E-state index in [1.807, 2.05) is 30.3 Å². The summed E-state index contributed by atoms with van der Waals surface area (Å²) in [5.41, 5.74) is 2.97. The second kappa shape index (κ2) is 4.43. The molecule has 0 unspecified atom stereocenters. The number of aryl methyl sites for hydroxylation is 1. The van der Waals surface area contributed by atoms with Gasteiger partial charge in [-0.1, -0.05) is 24.3 Å². The van der Waals surface area contributed by atoms with E-state index in [2.05, 4.69) is 4.98 Å². The van der Waals surface area contributed by atoms with Gasteiger partial charge < -0.3 is 0 Å². The molecule has 2 aromatic carbocycles. The van der Waals surface area contributed by atoms with Crippen LogP contribution in [0.25, 0.3) is 22.0 Å². The van der Waals surface area contributed by atoms with Crippen molar-refractivity contribution < 1.29 is 8.78 Å². The number of hydrogen-bond donors (Lipinski definition) is 0. The molecule has 3 rings (SSSR count). The molecule has 1 nitrogen and oxygen atoms in total. The molecular weight excluding hydrogens is 244 g/mol. The maximum atomic E-state index is 13.4. The van der Waals surface area contributed by atoms with Gasteiger partial charge in [-0.25, -0.2) is 8.78 Å². The molecule has 94 valence electrons. The number of halogens is 2. The summed E-state index contributed by atoms with van der Waals surface area (Å²) < 4.78 is 26.6. The Balaban J connectivity index is 2.33. The van der Waals surface area contributed by atoms with E-state index in [0.29, 0.717) is 11.1 Å². The van der Waals surface area contributed by atoms with E-state index in [-0.39, 0.29) is 0 Å². The van der Waals surface area contributed by atoms with Gasteiger partial charge >= 0.3 is 0 Å². The van der Waals surface area contributed by atoms with Crippen LogP contribution in [-0.4, -0.2) is 4.98 Å². The van der Waals surface area contributed by atoms with Crippen molar-refractivity contribution in [3.05, 3.63) is 65.9 Å². The number of hydrogen-bond acceptors (Lipinski definition) is 1. The Morgan fingerprint density at radius 2 is 1.63 bits per heavy atom. The predicted octanol–water partition coefficient (Wildman–Crippen LogP) is 4.49. The Morgan fingerprint density at radius 3 is 2.47 bits per heavy atom. The van der Waals surface area contributed by atoms with E-state index in [4.69, 9.17) is 0 Å². The smallest absolute Gasteiger partial charge is 0.159 e. The largest absolute Gasteiger partial charge is 0.256 e. The summed E-state index contributed by atoms with van der Waals surface area (Å²) in [4.78, 5) is 4.33. The van der Waals surface area contributed by atoms with Crippen LogP contribution >= 0.6 is 0 Å². The minimum atomic E-state index is -0.839. The summed E-state index contributed by atoms with van der Waals surface area (Å²) in [7, 11) is 0. The van der Waals surface area contributed by atoms with E-state index in [9.17, 15) is 8.78 Å². The second-order valence-corrected chi connectivity index (χ2v) is 4.46. The fourth-order valence-corrected chi connectivity index (χ4v) is 2.26. The molecule has 0 amide bonds. The number of fused-ring (bicyclic) bond motifs is 1. The van der Waals surface area contributed by atoms with Crippen molar-refractivity contribution in [1.82, 2.24) is 4.98 Å². The van der Waals surface area contributed by atoms with Crippen molar-refractivity contribution in [2.45, 2.75) is 6.92 Å². The van der Waals surface area contributed by atoms with Crippen LogP contribution in [0, 0.1) is 18.6 Å². The molecule has 3 aromatic rings. The lowest BCUT2D eigenvalue weighted by Gasteiger charge is -2.09. The maximum absolute atomic E-state index is 13.4. The zero-order chi connectivity index (χ0) is 13.4. The van der Waals surface area contributed by atoms with Gasteiger partial charge in [0.05, 0.1) is 5.52 Å². The molecular formula is C16H11F2N. The van der Waals surface area contributed by atoms with Crippen molar-refractivity contribution in [1.29, 1.82) is 0 Å². The fourth-order valence-electron chi connectivity index (χ4n) is 2.26. The molecule has 0 saturated carbocycles. The Bertz CT molecular complexity index is 761. The normalized spacial score (nSPS) is 10.9. The van der Waals surface area contributed by atoms with Crippen LogP contribution in [0.15, 0.2) is 48.7 Å². The lowest BCUT2D eigenvalue weighted by atomic mass is 9.97. The summed E-state index contributed by atoms with van der Waals surface area (Å²) in [6, 6.07) is 11.9. The van der Waals surface area contributed by atoms with Gasteiger partial charge in [-0.3, -0.25) is 4.98 Å². The van der Waals surface area contributed by atoms with Gasteiger partial charge in [-0.05, 0) is 36.2 Å². The average molecular weight is 255 g/mol. The number of pyridine rings is 1. The zero-order valence-corrected chi connectivity index (χ0v) is 10.3. The topological polar surface area (TPSA) is 12.9 Å². The number of nitrogens with zero attached hydrogens (tertiary/aromatic N) is 1. The molecule has 0 radical (unpaired) electrons. The third-order valence-corrected chi connectivity index (χ3v) is 3.19. The first kappa shape index (κ1) is 11.8. The van der Waals surface area contributed by atoms with E-state index < -0.39 is 11.6 Å². The van der Waals surface area contributed by atoms with Gasteiger partial charge in [0.15, 0.2) is 11.6 Å². The lowest BCUT2D eigenvalue weighted by molar-refractivity contribution is 0.508. The van der Waals surface area contributed by atoms with Crippen LogP contribution in [0.4, 0.5) is 8.78 Å². The zero-order valence-electron chi connectivity index (χ0n) is 10.3. The van der Waals surface area contributed by atoms with Gasteiger partial charge in [-0.2, -0.15) is 0 Å². The quantitative estimate of drug-likeness (QED) is 0.624. The third-order valence-electron chi connectivity index (χ3n) is 3.19. The molecule has 0 saturated heterocycles. The molecule has 0 aliphatic rings. The molecule has 0 atom stereocenters. The summed E-state index contributed by atoms with van der Waals surface area (Å²) in [5.74, 6) is -1.66. The van der Waals surface area contributed by atoms with Gasteiger partial charge in [0.2, 0.25) is 0 Å². The maximum Gasteiger partial charge on any atom is 0.159 e. The summed E-state index contributed by atoms with van der Waals surface area (Å²) in [5, 5.41) is 0.976. The molecule has 3 heteroatoms. The first-order valence-corrected chi connectivity index (χ1v) is 5.96. The SMILES string of the molecule is Cc1cc(F)c(F)cc1-c1cccc2cccnc12. The summed E-state index contributed by atoms with van der Waals surface area (Å²) >= 11 is 0. The highest BCUT2D eigenvalue weighted by atomic mass is 19.2. The van der Waals surface area contributed by atoms with Crippen LogP contribution < -0.4 is 0 Å². The standard InChI is InChI=1S/C16H11F2N/c1-10-8-14(17)15(18)9-13(10)12-6-2-4-11-5-3-7-19-16(11)12/h2-9H,1H3. The van der Waals surface area contributed by atoms with Crippen molar-refractivity contribution >= 4 is 10.9 Å². The van der Waals surface area contributed by atoms with Crippen molar-refractivity contribution in [3.8, 4) is 11.1 Å². The molecule has 0 fully saturated rings. The summed E-state index contributed by atoms with van der Waals surface area (Å²) in [6.07, 6.45) is 1.70. The van der Waals surface area contributed by atoms with E-state index in [0.717, 1.165) is 16.5 Å². The minimum absolute atomic E-state index is 0.670. The lowest BCUT2D eigenvalue weighted by Crippen LogP contribution is -1.92. The highest BCUT2D eigenvalue weighted by Gasteiger charge is 2.11. The average Bonchev–Trinajstić information content (AvgIpc) is 2.42. The molecule has 1 heterocycles. The van der Waals surface area contributed by atoms with Crippen LogP contribution in [0.3, 0.4) is 0 Å². The molecule has 0 aliphatic heterocycles. The van der Waals surface area contributed by atoms with E-state index >= 15 is 0 Å². The third kappa shape index (κ3) is 1.97. The van der Waals surface area contributed by atoms with E-state index in [1.54, 1.807) is 13.1 Å². The molecule has 19 heavy (non-hydrogen) atoms. The highest BCUT2D eigenvalue weighted by molar-refractivity contribution is 5.94. The Morgan fingerprint density at radius 1 is 0.895 bits per heavy atom. The molecule has 0 spiro atoms. The van der Waals surface area contributed by atoms with Crippen molar-refractivity contribution in [2.24, 2.45) is 0 Å². The first-order valence-electron chi connectivity index (χ1n) is 5.96. The van der Waals surface area contributed by atoms with Gasteiger partial charge in [0, 0.05) is 17.1 Å². The van der Waals surface area contributed by atoms with Gasteiger partial charge in [0.1, 0.15) is 0 Å². The predicted molar refractivity (Wildman–Crippen MR) is 71.8 cm³/mol. The Labute approximate surface area is 109 Å². The molecule has 0 N–H and O–H groups in total. The minimum Gasteiger partial charge on any atom is -0.256 e. The van der Waals surface area contributed by atoms with Gasteiger partial charge in [0.25, 0.3) is 0 Å². The number of aromatic nitrogens is 1. The fraction of sp³-hybridized carbons (Fsp3) is 0.0625. The number of rotatable bonds is 1. The van der Waals surface area contributed by atoms with Crippen molar-refractivity contribution in [3.63, 3.8) is 0 Å². The van der Waals surface area contributed by atoms with Crippen LogP contribution in [0.1, 0.15) is 5.56 Å². The Kier molecular flexibility index (Phi) is 2.75. The first-order chi connectivity index (χ1) is 9.16. The Hall–Kier alpha value is -2.29. The number of para-hydroxylation sites is 1. The number of benzene rings is 2. The molecule has 0 bridgehead atoms. The van der Waals surface area contributed by atoms with Crippen LogP contribution in [-0.2, 0) is 0 Å². The summed E-state index contributed by atoms with van der Waals surface area (Å²) in [6.45, 7) is 1.76. The van der Waals surface area contributed by atoms with E-state index in [1.165, 1.54) is 12.1 Å². The van der Waals surface area contributed by atoms with Crippen LogP contribution in [0.5, 0.6) is 0 Å². The monoisotopic (exact) mass is 255 g/mol. The van der Waals surface area contributed by atoms with Gasteiger partial charge in [-0.15, -0.1) is 0 Å². The van der Waals surface area contributed by atoms with Crippen molar-refractivity contribution in [2.75, 3.05) is 0 Å². The highest BCUT2D eigenvalue weighted by Crippen LogP contribution is 2.30. The molecule has 0 aliphatic carbocycles. The van der Waals surface area contributed by atoms with Crippen LogP contribution in [0.2, 0.25) is 0 Å². The molecule has 1 aromatic heterocycles.